The number of allylic oxidation sites excluding steroid dienone is 1. The van der Waals surface area contributed by atoms with Crippen molar-refractivity contribution in [3.05, 3.63) is 9.94 Å². The van der Waals surface area contributed by atoms with Crippen LogP contribution in [0, 0.1) is 0 Å². The highest BCUT2D eigenvalue weighted by atomic mass is 35.5. The normalized spacial score (nSPS) is 22.9. The Labute approximate surface area is 89.8 Å². The maximum absolute atomic E-state index is 11.4. The largest absolute Gasteiger partial charge is 0.280 e. The first-order valence-corrected chi connectivity index (χ1v) is 6.79. The lowest BCUT2D eigenvalue weighted by Gasteiger charge is -2.05. The van der Waals surface area contributed by atoms with Gasteiger partial charge in [0.25, 0.3) is 0 Å². The van der Waals surface area contributed by atoms with Gasteiger partial charge < -0.3 is 0 Å². The van der Waals surface area contributed by atoms with Gasteiger partial charge in [-0.2, -0.15) is 0 Å². The molecule has 0 spiro atoms. The van der Waals surface area contributed by atoms with E-state index in [4.69, 9.17) is 11.6 Å². The third-order valence-electron chi connectivity index (χ3n) is 2.12. The topological polar surface area (TPSA) is 46.5 Å². The molecule has 5 heteroatoms. The molecule has 0 amide bonds. The highest BCUT2D eigenvalue weighted by Gasteiger charge is 2.29. The average Bonchev–Trinajstić information content (AvgIpc) is 2.26. The minimum Gasteiger partial charge on any atom is -0.280 e. The summed E-state index contributed by atoms with van der Waals surface area (Å²) in [5.41, 5.74) is 0.538. The summed E-state index contributed by atoms with van der Waals surface area (Å²) in [5.74, 6) is 0. The van der Waals surface area contributed by atoms with Gasteiger partial charge in [-0.25, -0.2) is 8.42 Å². The molecule has 1 unspecified atom stereocenters. The minimum atomic E-state index is -3.24. The lowest BCUT2D eigenvalue weighted by atomic mass is 10.2. The molecule has 0 fully saturated rings. The maximum Gasteiger partial charge on any atom is 0.178 e. The summed E-state index contributed by atoms with van der Waals surface area (Å²) in [6, 6.07) is -0.147. The maximum atomic E-state index is 11.4. The molecule has 1 atom stereocenters. The summed E-state index contributed by atoms with van der Waals surface area (Å²) >= 11 is 5.99. The van der Waals surface area contributed by atoms with Crippen molar-refractivity contribution in [3.63, 3.8) is 0 Å². The molecule has 1 heterocycles. The number of aliphatic imine (C=N–C) groups is 1. The van der Waals surface area contributed by atoms with E-state index >= 15 is 0 Å². The average molecular weight is 236 g/mol. The molecule has 0 aliphatic carbocycles. The molecule has 1 aliphatic rings. The molecule has 0 saturated carbocycles. The predicted octanol–water partition coefficient (Wildman–Crippen LogP) is 2.12. The van der Waals surface area contributed by atoms with Crippen molar-refractivity contribution in [2.45, 2.75) is 32.7 Å². The standard InChI is InChI=1S/C9H14ClNO2S/c1-4-5-7-8(10)9(6(2)11-7)14(3,12)13/h7H,4-5H2,1-3H3. The molecule has 0 N–H and O–H groups in total. The Bertz CT molecular complexity index is 395. The van der Waals surface area contributed by atoms with Crippen LogP contribution in [0.3, 0.4) is 0 Å². The first kappa shape index (κ1) is 11.7. The lowest BCUT2D eigenvalue weighted by Crippen LogP contribution is -2.08. The Morgan fingerprint density at radius 2 is 2.07 bits per heavy atom. The molecule has 0 aromatic carbocycles. The van der Waals surface area contributed by atoms with Gasteiger partial charge in [0.15, 0.2) is 9.84 Å². The van der Waals surface area contributed by atoms with Crippen LogP contribution in [0.25, 0.3) is 0 Å². The molecule has 0 radical (unpaired) electrons. The molecule has 0 bridgehead atoms. The van der Waals surface area contributed by atoms with Gasteiger partial charge in [0.05, 0.1) is 16.8 Å². The van der Waals surface area contributed by atoms with Crippen molar-refractivity contribution in [3.8, 4) is 0 Å². The molecule has 0 aromatic rings. The van der Waals surface area contributed by atoms with Crippen LogP contribution in [-0.4, -0.2) is 26.4 Å². The molecule has 1 rings (SSSR count). The van der Waals surface area contributed by atoms with Crippen LogP contribution in [0.5, 0.6) is 0 Å². The van der Waals surface area contributed by atoms with Gasteiger partial charge in [-0.1, -0.05) is 24.9 Å². The summed E-state index contributed by atoms with van der Waals surface area (Å²) in [6.07, 6.45) is 2.90. The molecule has 80 valence electrons. The van der Waals surface area contributed by atoms with Gasteiger partial charge in [-0.3, -0.25) is 4.99 Å². The van der Waals surface area contributed by atoms with Crippen LogP contribution in [-0.2, 0) is 9.84 Å². The van der Waals surface area contributed by atoms with E-state index in [2.05, 4.69) is 4.99 Å². The summed E-state index contributed by atoms with van der Waals surface area (Å²) in [6.45, 7) is 3.71. The molecule has 3 nitrogen and oxygen atoms in total. The quantitative estimate of drug-likeness (QED) is 0.752. The van der Waals surface area contributed by atoms with Crippen LogP contribution < -0.4 is 0 Å². The smallest absolute Gasteiger partial charge is 0.178 e. The summed E-state index contributed by atoms with van der Waals surface area (Å²) in [7, 11) is -3.24. The minimum absolute atomic E-state index is 0.147. The monoisotopic (exact) mass is 235 g/mol. The molecular weight excluding hydrogens is 222 g/mol. The summed E-state index contributed by atoms with van der Waals surface area (Å²) < 4.78 is 22.8. The zero-order valence-electron chi connectivity index (χ0n) is 8.54. The van der Waals surface area contributed by atoms with Crippen LogP contribution in [0.1, 0.15) is 26.7 Å². The Morgan fingerprint density at radius 3 is 2.43 bits per heavy atom. The third-order valence-corrected chi connectivity index (χ3v) is 3.93. The fraction of sp³-hybridized carbons (Fsp3) is 0.667. The van der Waals surface area contributed by atoms with E-state index in [1.54, 1.807) is 6.92 Å². The Morgan fingerprint density at radius 1 is 1.50 bits per heavy atom. The van der Waals surface area contributed by atoms with Crippen LogP contribution >= 0.6 is 11.6 Å². The first-order chi connectivity index (χ1) is 6.38. The number of sulfone groups is 1. The second-order valence-electron chi connectivity index (χ2n) is 3.47. The van der Waals surface area contributed by atoms with Crippen molar-refractivity contribution < 1.29 is 8.42 Å². The fourth-order valence-corrected chi connectivity index (χ4v) is 3.38. The van der Waals surface area contributed by atoms with Gasteiger partial charge in [0.2, 0.25) is 0 Å². The number of halogens is 1. The van der Waals surface area contributed by atoms with E-state index in [0.29, 0.717) is 10.7 Å². The number of hydrogen-bond donors (Lipinski definition) is 0. The van der Waals surface area contributed by atoms with Crippen molar-refractivity contribution in [2.24, 2.45) is 4.99 Å². The van der Waals surface area contributed by atoms with E-state index in [1.165, 1.54) is 0 Å². The van der Waals surface area contributed by atoms with Crippen molar-refractivity contribution >= 4 is 27.1 Å². The van der Waals surface area contributed by atoms with Crippen molar-refractivity contribution in [2.75, 3.05) is 6.26 Å². The molecule has 0 aromatic heterocycles. The number of hydrogen-bond acceptors (Lipinski definition) is 3. The Balaban J connectivity index is 3.13. The highest BCUT2D eigenvalue weighted by Crippen LogP contribution is 2.30. The van der Waals surface area contributed by atoms with E-state index in [-0.39, 0.29) is 10.9 Å². The fourth-order valence-electron chi connectivity index (χ4n) is 1.58. The van der Waals surface area contributed by atoms with E-state index < -0.39 is 9.84 Å². The third kappa shape index (κ3) is 2.17. The van der Waals surface area contributed by atoms with Crippen LogP contribution in [0.4, 0.5) is 0 Å². The van der Waals surface area contributed by atoms with Crippen molar-refractivity contribution in [1.82, 2.24) is 0 Å². The predicted molar refractivity (Wildman–Crippen MR) is 59.5 cm³/mol. The van der Waals surface area contributed by atoms with Gasteiger partial charge >= 0.3 is 0 Å². The van der Waals surface area contributed by atoms with E-state index in [9.17, 15) is 8.42 Å². The summed E-state index contributed by atoms with van der Waals surface area (Å²) in [5, 5.41) is 0.381. The second kappa shape index (κ2) is 4.03. The van der Waals surface area contributed by atoms with Gasteiger partial charge in [-0.15, -0.1) is 0 Å². The number of rotatable bonds is 3. The van der Waals surface area contributed by atoms with Crippen LogP contribution in [0.2, 0.25) is 0 Å². The van der Waals surface area contributed by atoms with Gasteiger partial charge in [0.1, 0.15) is 4.91 Å². The van der Waals surface area contributed by atoms with Crippen LogP contribution in [0.15, 0.2) is 14.9 Å². The lowest BCUT2D eigenvalue weighted by molar-refractivity contribution is 0.608. The highest BCUT2D eigenvalue weighted by molar-refractivity contribution is 7.95. The van der Waals surface area contributed by atoms with Gasteiger partial charge in [0, 0.05) is 6.26 Å². The first-order valence-electron chi connectivity index (χ1n) is 4.52. The molecule has 1 aliphatic heterocycles. The van der Waals surface area contributed by atoms with E-state index in [0.717, 1.165) is 19.1 Å². The Kier molecular flexibility index (Phi) is 3.37. The molecule has 14 heavy (non-hydrogen) atoms. The number of nitrogens with zero attached hydrogens (tertiary/aromatic N) is 1. The Hall–Kier alpha value is -0.350. The van der Waals surface area contributed by atoms with Gasteiger partial charge in [-0.05, 0) is 13.3 Å². The van der Waals surface area contributed by atoms with Crippen molar-refractivity contribution in [1.29, 1.82) is 0 Å². The SMILES string of the molecule is CCCC1N=C(C)C(S(C)(=O)=O)=C1Cl. The second-order valence-corrected chi connectivity index (χ2v) is 5.83. The zero-order chi connectivity index (χ0) is 10.9. The summed E-state index contributed by atoms with van der Waals surface area (Å²) in [4.78, 5) is 4.46. The van der Waals surface area contributed by atoms with E-state index in [1.807, 2.05) is 6.92 Å². The molecular formula is C9H14ClNO2S. The molecule has 0 saturated heterocycles. The zero-order valence-corrected chi connectivity index (χ0v) is 10.1.